The number of anilines is 6. The van der Waals surface area contributed by atoms with Crippen LogP contribution >= 0.6 is 0 Å². The molecular weight excluding hydrogens is 749 g/mol. The molecule has 0 unspecified atom stereocenters. The molecule has 0 amide bonds. The van der Waals surface area contributed by atoms with Crippen LogP contribution in [0.5, 0.6) is 0 Å². The third-order valence-electron chi connectivity index (χ3n) is 10.4. The highest BCUT2D eigenvalue weighted by Crippen LogP contribution is 2.49. The molecule has 14 heteroatoms. The van der Waals surface area contributed by atoms with Gasteiger partial charge in [-0.1, -0.05) is 97.1 Å². The lowest BCUT2D eigenvalue weighted by atomic mass is 9.83. The van der Waals surface area contributed by atoms with Crippen LogP contribution in [0, 0.1) is 0 Å². The fourth-order valence-corrected chi connectivity index (χ4v) is 7.98. The first-order chi connectivity index (χ1) is 29.8. The molecule has 11 rings (SSSR count). The van der Waals surface area contributed by atoms with E-state index in [1.54, 1.807) is 0 Å². The van der Waals surface area contributed by atoms with Gasteiger partial charge in [0.1, 0.15) is 50.6 Å². The maximum atomic E-state index is 4.53. The quantitative estimate of drug-likeness (QED) is 0.134. The molecule has 0 saturated carbocycles. The molecular formula is C46H28N14. The number of rotatable bonds is 8. The van der Waals surface area contributed by atoms with E-state index in [1.807, 2.05) is 9.80 Å². The van der Waals surface area contributed by atoms with Gasteiger partial charge >= 0.3 is 0 Å². The first kappa shape index (κ1) is 34.5. The van der Waals surface area contributed by atoms with E-state index in [9.17, 15) is 0 Å². The Hall–Kier alpha value is -8.78. The molecule has 0 spiro atoms. The highest BCUT2D eigenvalue weighted by Gasteiger charge is 2.25. The van der Waals surface area contributed by atoms with Crippen molar-refractivity contribution in [3.8, 4) is 22.3 Å². The molecule has 60 heavy (non-hydrogen) atoms. The van der Waals surface area contributed by atoms with Gasteiger partial charge in [-0.25, -0.2) is 69.6 Å². The van der Waals surface area contributed by atoms with E-state index >= 15 is 0 Å². The van der Waals surface area contributed by atoms with Gasteiger partial charge in [0, 0.05) is 0 Å². The summed E-state index contributed by atoms with van der Waals surface area (Å²) in [5, 5.41) is 8.48. The van der Waals surface area contributed by atoms with Crippen LogP contribution in [-0.4, -0.2) is 59.8 Å². The smallest absolute Gasteiger partial charge is 0.240 e. The Labute approximate surface area is 341 Å². The first-order valence-electron chi connectivity index (χ1n) is 18.9. The molecule has 4 aromatic heterocycles. The standard InChI is InChI=1S/C46H28N14/c1-3-11-33-29(7-1)9-5-13-35(33)41-37-17-15-32(60(45-55-25-49-26-56-45)46-57-27-50-28-58-46)20-40(37)42(36-14-6-10-30-8-2-4-12-34(30)36)38-18-16-31(19-39(38)41)59(43-51-21-47-22-52-43)44-53-23-48-24-54-44/h1-28H. The van der Waals surface area contributed by atoms with Crippen LogP contribution in [0.25, 0.3) is 65.3 Å². The fraction of sp³-hybridized carbons (Fsp3) is 0. The maximum Gasteiger partial charge on any atom is 0.240 e. The molecule has 0 aliphatic rings. The Kier molecular flexibility index (Phi) is 8.40. The van der Waals surface area contributed by atoms with Gasteiger partial charge in [0.15, 0.2) is 0 Å². The molecule has 0 aliphatic carbocycles. The van der Waals surface area contributed by atoms with Gasteiger partial charge in [0.05, 0.1) is 11.4 Å². The van der Waals surface area contributed by atoms with Crippen molar-refractivity contribution in [1.82, 2.24) is 59.8 Å². The van der Waals surface area contributed by atoms with Crippen LogP contribution < -0.4 is 9.80 Å². The van der Waals surface area contributed by atoms with E-state index in [0.29, 0.717) is 23.8 Å². The van der Waals surface area contributed by atoms with E-state index in [4.69, 9.17) is 0 Å². The largest absolute Gasteiger partial charge is 0.247 e. The van der Waals surface area contributed by atoms with E-state index < -0.39 is 0 Å². The van der Waals surface area contributed by atoms with Gasteiger partial charge in [-0.3, -0.25) is 0 Å². The lowest BCUT2D eigenvalue weighted by Gasteiger charge is -2.25. The second-order valence-corrected chi connectivity index (χ2v) is 13.7. The topological polar surface area (TPSA) is 161 Å². The molecule has 0 saturated heterocycles. The zero-order chi connectivity index (χ0) is 39.8. The van der Waals surface area contributed by atoms with Crippen LogP contribution in [0.4, 0.5) is 35.2 Å². The Balaban J connectivity index is 1.30. The Morgan fingerprint density at radius 3 is 0.983 bits per heavy atom. The molecule has 0 atom stereocenters. The summed E-state index contributed by atoms with van der Waals surface area (Å²) in [6, 6.07) is 42.5. The van der Waals surface area contributed by atoms with Crippen LogP contribution in [0.3, 0.4) is 0 Å². The second kappa shape index (κ2) is 14.6. The molecule has 0 N–H and O–H groups in total. The molecule has 4 heterocycles. The maximum absolute atomic E-state index is 4.53. The van der Waals surface area contributed by atoms with Gasteiger partial charge in [0.25, 0.3) is 0 Å². The number of benzene rings is 7. The van der Waals surface area contributed by atoms with Crippen LogP contribution in [0.1, 0.15) is 0 Å². The van der Waals surface area contributed by atoms with E-state index in [2.05, 4.69) is 181 Å². The fourth-order valence-electron chi connectivity index (χ4n) is 7.98. The number of hydrogen-bond donors (Lipinski definition) is 0. The number of nitrogens with zero attached hydrogens (tertiary/aromatic N) is 14. The van der Waals surface area contributed by atoms with Crippen molar-refractivity contribution < 1.29 is 0 Å². The Bertz CT molecular complexity index is 3030. The summed E-state index contributed by atoms with van der Waals surface area (Å²) in [4.78, 5) is 56.2. The summed E-state index contributed by atoms with van der Waals surface area (Å²) in [7, 11) is 0. The summed E-state index contributed by atoms with van der Waals surface area (Å²) in [5.74, 6) is 1.44. The first-order valence-corrected chi connectivity index (χ1v) is 18.9. The van der Waals surface area contributed by atoms with Crippen molar-refractivity contribution in [2.75, 3.05) is 9.80 Å². The normalized spacial score (nSPS) is 11.3. The molecule has 11 aromatic rings. The van der Waals surface area contributed by atoms with Crippen molar-refractivity contribution in [3.05, 3.63) is 172 Å². The third kappa shape index (κ3) is 5.90. The summed E-state index contributed by atoms with van der Waals surface area (Å²) >= 11 is 0. The van der Waals surface area contributed by atoms with E-state index in [0.717, 1.165) is 76.7 Å². The predicted molar refractivity (Wildman–Crippen MR) is 230 cm³/mol. The lowest BCUT2D eigenvalue weighted by Crippen LogP contribution is -2.16. The molecule has 282 valence electrons. The monoisotopic (exact) mass is 776 g/mol. The molecule has 0 aliphatic heterocycles. The average Bonchev–Trinajstić information content (AvgIpc) is 3.32. The summed E-state index contributed by atoms with van der Waals surface area (Å²) < 4.78 is 0. The van der Waals surface area contributed by atoms with Crippen molar-refractivity contribution in [1.29, 1.82) is 0 Å². The predicted octanol–water partition coefficient (Wildman–Crippen LogP) is 9.31. The van der Waals surface area contributed by atoms with Crippen LogP contribution in [-0.2, 0) is 0 Å². The van der Waals surface area contributed by atoms with Crippen LogP contribution in [0.2, 0.25) is 0 Å². The van der Waals surface area contributed by atoms with E-state index in [1.165, 1.54) is 50.6 Å². The highest BCUT2D eigenvalue weighted by molar-refractivity contribution is 6.26. The molecule has 7 aromatic carbocycles. The zero-order valence-corrected chi connectivity index (χ0v) is 31.4. The van der Waals surface area contributed by atoms with E-state index in [-0.39, 0.29) is 0 Å². The Morgan fingerprint density at radius 2 is 0.617 bits per heavy atom. The second-order valence-electron chi connectivity index (χ2n) is 13.7. The molecule has 14 nitrogen and oxygen atoms in total. The van der Waals surface area contributed by atoms with Crippen molar-refractivity contribution in [2.24, 2.45) is 0 Å². The summed E-state index contributed by atoms with van der Waals surface area (Å²) in [6.07, 6.45) is 11.7. The molecule has 0 radical (unpaired) electrons. The van der Waals surface area contributed by atoms with Gasteiger partial charge in [-0.05, 0) is 89.6 Å². The van der Waals surface area contributed by atoms with Gasteiger partial charge < -0.3 is 0 Å². The van der Waals surface area contributed by atoms with Crippen molar-refractivity contribution in [2.45, 2.75) is 0 Å². The number of aromatic nitrogens is 12. The minimum Gasteiger partial charge on any atom is -0.247 e. The minimum atomic E-state index is 0.360. The van der Waals surface area contributed by atoms with Gasteiger partial charge in [0.2, 0.25) is 23.8 Å². The summed E-state index contributed by atoms with van der Waals surface area (Å²) in [6.45, 7) is 0. The zero-order valence-electron chi connectivity index (χ0n) is 31.4. The van der Waals surface area contributed by atoms with Gasteiger partial charge in [-0.15, -0.1) is 0 Å². The number of hydrogen-bond acceptors (Lipinski definition) is 14. The third-order valence-corrected chi connectivity index (χ3v) is 10.4. The van der Waals surface area contributed by atoms with Crippen molar-refractivity contribution in [3.63, 3.8) is 0 Å². The summed E-state index contributed by atoms with van der Waals surface area (Å²) in [5.41, 5.74) is 5.70. The van der Waals surface area contributed by atoms with Crippen molar-refractivity contribution >= 4 is 78.3 Å². The van der Waals surface area contributed by atoms with Crippen LogP contribution in [0.15, 0.2) is 172 Å². The lowest BCUT2D eigenvalue weighted by molar-refractivity contribution is 0.948. The average molecular weight is 777 g/mol. The minimum absolute atomic E-state index is 0.360. The molecule has 0 bridgehead atoms. The van der Waals surface area contributed by atoms with Gasteiger partial charge in [-0.2, -0.15) is 0 Å². The number of fused-ring (bicyclic) bond motifs is 4. The molecule has 0 fully saturated rings. The SMILES string of the molecule is c1ccc2c(-c3c4ccc(N(c5ncncn5)c5ncncn5)cc4c(-c4cccc5ccccc45)c4ccc(N(c5ncncn5)c5ncncn5)cc34)cccc2c1. The highest BCUT2D eigenvalue weighted by atomic mass is 15.4. The Morgan fingerprint density at radius 1 is 0.283 bits per heavy atom.